The lowest BCUT2D eigenvalue weighted by molar-refractivity contribution is 0.321. The maximum absolute atomic E-state index is 5.58. The summed E-state index contributed by atoms with van der Waals surface area (Å²) in [5, 5.41) is 2.08. The molecule has 0 aliphatic carbocycles. The second-order valence-electron chi connectivity index (χ2n) is 3.37. The first-order valence-electron chi connectivity index (χ1n) is 5.18. The van der Waals surface area contributed by atoms with E-state index in [2.05, 4.69) is 22.5 Å². The SMILES string of the molecule is NCc1ccc(OCCc2cccs2)cn1. The van der Waals surface area contributed by atoms with E-state index in [1.807, 2.05) is 12.1 Å². The van der Waals surface area contributed by atoms with Gasteiger partial charge in [-0.2, -0.15) is 0 Å². The summed E-state index contributed by atoms with van der Waals surface area (Å²) in [6, 6.07) is 7.96. The minimum atomic E-state index is 0.468. The molecular weight excluding hydrogens is 220 g/mol. The number of rotatable bonds is 5. The van der Waals surface area contributed by atoms with Crippen molar-refractivity contribution in [2.45, 2.75) is 13.0 Å². The number of pyridine rings is 1. The fourth-order valence-corrected chi connectivity index (χ4v) is 2.03. The fourth-order valence-electron chi connectivity index (χ4n) is 1.34. The number of ether oxygens (including phenoxy) is 1. The van der Waals surface area contributed by atoms with E-state index in [1.165, 1.54) is 4.88 Å². The Hall–Kier alpha value is -1.39. The number of nitrogens with two attached hydrogens (primary N) is 1. The van der Waals surface area contributed by atoms with Crippen molar-refractivity contribution in [1.82, 2.24) is 4.98 Å². The molecule has 2 aromatic rings. The highest BCUT2D eigenvalue weighted by Gasteiger charge is 1.97. The Balaban J connectivity index is 1.81. The van der Waals surface area contributed by atoms with E-state index in [4.69, 9.17) is 10.5 Å². The molecule has 0 unspecified atom stereocenters. The van der Waals surface area contributed by atoms with E-state index in [-0.39, 0.29) is 0 Å². The van der Waals surface area contributed by atoms with E-state index < -0.39 is 0 Å². The average Bonchev–Trinajstić information content (AvgIpc) is 2.83. The first kappa shape index (κ1) is 11.1. The minimum Gasteiger partial charge on any atom is -0.492 e. The van der Waals surface area contributed by atoms with Crippen LogP contribution >= 0.6 is 11.3 Å². The molecule has 3 nitrogen and oxygen atoms in total. The normalized spacial score (nSPS) is 10.3. The molecule has 0 radical (unpaired) electrons. The van der Waals surface area contributed by atoms with E-state index >= 15 is 0 Å². The van der Waals surface area contributed by atoms with Crippen molar-refractivity contribution in [3.63, 3.8) is 0 Å². The van der Waals surface area contributed by atoms with Crippen molar-refractivity contribution >= 4 is 11.3 Å². The monoisotopic (exact) mass is 234 g/mol. The average molecular weight is 234 g/mol. The fraction of sp³-hybridized carbons (Fsp3) is 0.250. The summed E-state index contributed by atoms with van der Waals surface area (Å²) >= 11 is 1.75. The summed E-state index contributed by atoms with van der Waals surface area (Å²) in [6.45, 7) is 1.15. The molecule has 0 aromatic carbocycles. The predicted octanol–water partition coefficient (Wildman–Crippen LogP) is 2.22. The van der Waals surface area contributed by atoms with Crippen LogP contribution in [0.25, 0.3) is 0 Å². The number of aromatic nitrogens is 1. The Labute approximate surface area is 98.9 Å². The zero-order valence-electron chi connectivity index (χ0n) is 8.93. The maximum atomic E-state index is 5.58. The maximum Gasteiger partial charge on any atom is 0.137 e. The van der Waals surface area contributed by atoms with Crippen molar-refractivity contribution in [3.8, 4) is 5.75 Å². The van der Waals surface area contributed by atoms with Crippen molar-refractivity contribution in [3.05, 3.63) is 46.4 Å². The molecule has 0 bridgehead atoms. The quantitative estimate of drug-likeness (QED) is 0.863. The summed E-state index contributed by atoms with van der Waals surface area (Å²) in [4.78, 5) is 5.50. The number of hydrogen-bond acceptors (Lipinski definition) is 4. The van der Waals surface area contributed by atoms with Crippen molar-refractivity contribution in [2.75, 3.05) is 6.61 Å². The van der Waals surface area contributed by atoms with Gasteiger partial charge in [0.1, 0.15) is 5.75 Å². The van der Waals surface area contributed by atoms with Gasteiger partial charge in [-0.3, -0.25) is 4.98 Å². The third-order valence-corrected chi connectivity index (χ3v) is 3.14. The van der Waals surface area contributed by atoms with Crippen LogP contribution in [0.4, 0.5) is 0 Å². The second-order valence-corrected chi connectivity index (χ2v) is 4.40. The van der Waals surface area contributed by atoms with Gasteiger partial charge in [0.15, 0.2) is 0 Å². The van der Waals surface area contributed by atoms with Gasteiger partial charge in [0.25, 0.3) is 0 Å². The minimum absolute atomic E-state index is 0.468. The molecule has 2 aromatic heterocycles. The molecule has 4 heteroatoms. The number of nitrogens with zero attached hydrogens (tertiary/aromatic N) is 1. The summed E-state index contributed by atoms with van der Waals surface area (Å²) in [5.41, 5.74) is 6.34. The first-order chi connectivity index (χ1) is 7.88. The summed E-state index contributed by atoms with van der Waals surface area (Å²) in [6.07, 6.45) is 2.66. The van der Waals surface area contributed by atoms with Crippen LogP contribution in [0.15, 0.2) is 35.8 Å². The molecule has 2 N–H and O–H groups in total. The van der Waals surface area contributed by atoms with Crippen LogP contribution in [0, 0.1) is 0 Å². The third kappa shape index (κ3) is 3.05. The molecule has 0 atom stereocenters. The van der Waals surface area contributed by atoms with Crippen molar-refractivity contribution in [1.29, 1.82) is 0 Å². The molecular formula is C12H14N2OS. The third-order valence-electron chi connectivity index (χ3n) is 2.20. The predicted molar refractivity (Wildman–Crippen MR) is 65.6 cm³/mol. The van der Waals surface area contributed by atoms with Gasteiger partial charge in [-0.25, -0.2) is 0 Å². The van der Waals surface area contributed by atoms with Crippen LogP contribution in [0.1, 0.15) is 10.6 Å². The summed E-state index contributed by atoms with van der Waals surface area (Å²) in [7, 11) is 0. The van der Waals surface area contributed by atoms with Gasteiger partial charge in [0.2, 0.25) is 0 Å². The van der Waals surface area contributed by atoms with Crippen LogP contribution < -0.4 is 10.5 Å². The molecule has 0 saturated heterocycles. The smallest absolute Gasteiger partial charge is 0.137 e. The summed E-state index contributed by atoms with van der Waals surface area (Å²) in [5.74, 6) is 0.800. The largest absolute Gasteiger partial charge is 0.492 e. The zero-order chi connectivity index (χ0) is 11.2. The van der Waals surface area contributed by atoms with Crippen LogP contribution in [0.5, 0.6) is 5.75 Å². The first-order valence-corrected chi connectivity index (χ1v) is 6.06. The standard InChI is InChI=1S/C12H14N2OS/c13-8-10-3-4-11(9-14-10)15-6-5-12-2-1-7-16-12/h1-4,7,9H,5-6,8,13H2. The van der Waals surface area contributed by atoms with E-state index in [0.717, 1.165) is 17.9 Å². The number of hydrogen-bond donors (Lipinski definition) is 1. The molecule has 0 saturated carbocycles. The van der Waals surface area contributed by atoms with Gasteiger partial charge in [-0.1, -0.05) is 6.07 Å². The lowest BCUT2D eigenvalue weighted by atomic mass is 10.3. The molecule has 2 heterocycles. The Bertz CT molecular complexity index is 411. The number of thiophene rings is 1. The molecule has 0 aliphatic rings. The summed E-state index contributed by atoms with van der Waals surface area (Å²) < 4.78 is 5.58. The lowest BCUT2D eigenvalue weighted by Gasteiger charge is -2.05. The molecule has 0 spiro atoms. The van der Waals surface area contributed by atoms with Gasteiger partial charge in [0.05, 0.1) is 18.5 Å². The van der Waals surface area contributed by atoms with Gasteiger partial charge < -0.3 is 10.5 Å². The Morgan fingerprint density at radius 2 is 2.25 bits per heavy atom. The van der Waals surface area contributed by atoms with Crippen LogP contribution in [0.3, 0.4) is 0 Å². The molecule has 84 valence electrons. The highest BCUT2D eigenvalue weighted by molar-refractivity contribution is 7.09. The highest BCUT2D eigenvalue weighted by atomic mass is 32.1. The van der Waals surface area contributed by atoms with E-state index in [0.29, 0.717) is 13.2 Å². The molecule has 0 fully saturated rings. The van der Waals surface area contributed by atoms with Gasteiger partial charge >= 0.3 is 0 Å². The molecule has 0 amide bonds. The Kier molecular flexibility index (Phi) is 3.91. The van der Waals surface area contributed by atoms with E-state index in [1.54, 1.807) is 17.5 Å². The van der Waals surface area contributed by atoms with Gasteiger partial charge in [-0.05, 0) is 23.6 Å². The van der Waals surface area contributed by atoms with Crippen molar-refractivity contribution < 1.29 is 4.74 Å². The topological polar surface area (TPSA) is 48.1 Å². The Morgan fingerprint density at radius 1 is 1.31 bits per heavy atom. The van der Waals surface area contributed by atoms with E-state index in [9.17, 15) is 0 Å². The zero-order valence-corrected chi connectivity index (χ0v) is 9.74. The van der Waals surface area contributed by atoms with Gasteiger partial charge in [-0.15, -0.1) is 11.3 Å². The van der Waals surface area contributed by atoms with Crippen LogP contribution in [-0.2, 0) is 13.0 Å². The highest BCUT2D eigenvalue weighted by Crippen LogP contribution is 2.12. The van der Waals surface area contributed by atoms with Crippen molar-refractivity contribution in [2.24, 2.45) is 5.73 Å². The van der Waals surface area contributed by atoms with Gasteiger partial charge in [0, 0.05) is 17.8 Å². The molecule has 0 aliphatic heterocycles. The lowest BCUT2D eigenvalue weighted by Crippen LogP contribution is -2.02. The molecule has 2 rings (SSSR count). The van der Waals surface area contributed by atoms with Crippen LogP contribution in [0.2, 0.25) is 0 Å². The molecule has 16 heavy (non-hydrogen) atoms. The Morgan fingerprint density at radius 3 is 2.88 bits per heavy atom. The van der Waals surface area contributed by atoms with Crippen LogP contribution in [-0.4, -0.2) is 11.6 Å². The second kappa shape index (κ2) is 5.63.